The number of aromatic nitrogens is 5. The second-order valence-electron chi connectivity index (χ2n) is 4.12. The second-order valence-corrected chi connectivity index (χ2v) is 5.87. The molecule has 0 aromatic carbocycles. The topological polar surface area (TPSA) is 48.5 Å². The molecule has 0 aliphatic carbocycles. The Hall–Kier alpha value is -0.880. The Morgan fingerprint density at radius 1 is 1.50 bits per heavy atom. The number of hydrogen-bond acceptors (Lipinski definition) is 3. The predicted octanol–water partition coefficient (Wildman–Crippen LogP) is 2.96. The van der Waals surface area contributed by atoms with Crippen molar-refractivity contribution in [2.24, 2.45) is 0 Å². The Balaban J connectivity index is 2.27. The maximum atomic E-state index is 6.26. The molecule has 1 atom stereocenters. The molecule has 0 N–H and O–H groups in total. The zero-order valence-electron chi connectivity index (χ0n) is 10.6. The summed E-state index contributed by atoms with van der Waals surface area (Å²) in [6, 6.07) is 0. The molecule has 5 nitrogen and oxygen atoms in total. The molecule has 2 aromatic heterocycles. The van der Waals surface area contributed by atoms with Gasteiger partial charge >= 0.3 is 0 Å². The summed E-state index contributed by atoms with van der Waals surface area (Å²) in [4.78, 5) is 0.194. The molecule has 0 radical (unpaired) electrons. The first-order valence-corrected chi connectivity index (χ1v) is 7.08. The van der Waals surface area contributed by atoms with Crippen molar-refractivity contribution in [2.75, 3.05) is 0 Å². The summed E-state index contributed by atoms with van der Waals surface area (Å²) >= 11 is 9.73. The molecular weight excluding hydrogens is 318 g/mol. The quantitative estimate of drug-likeness (QED) is 0.809. The molecule has 0 amide bonds. The third kappa shape index (κ3) is 2.59. The van der Waals surface area contributed by atoms with Gasteiger partial charge in [-0.3, -0.25) is 4.68 Å². The van der Waals surface area contributed by atoms with Crippen LogP contribution in [0.1, 0.15) is 35.8 Å². The van der Waals surface area contributed by atoms with E-state index in [0.717, 1.165) is 23.6 Å². The van der Waals surface area contributed by atoms with E-state index in [0.29, 0.717) is 11.6 Å². The van der Waals surface area contributed by atoms with Gasteiger partial charge in [0, 0.05) is 6.54 Å². The van der Waals surface area contributed by atoms with Gasteiger partial charge in [-0.15, -0.1) is 5.10 Å². The Labute approximate surface area is 119 Å². The van der Waals surface area contributed by atoms with Gasteiger partial charge in [0.25, 0.3) is 0 Å². The molecule has 2 aromatic rings. The van der Waals surface area contributed by atoms with E-state index in [1.165, 1.54) is 0 Å². The van der Waals surface area contributed by atoms with Gasteiger partial charge in [-0.25, -0.2) is 4.68 Å². The third-order valence-electron chi connectivity index (χ3n) is 2.73. The molecule has 7 heteroatoms. The molecule has 0 aliphatic rings. The van der Waals surface area contributed by atoms with Crippen LogP contribution < -0.4 is 0 Å². The maximum Gasteiger partial charge on any atom is 0.0960 e. The fraction of sp³-hybridized carbons (Fsp3) is 0.545. The molecule has 1 unspecified atom stereocenters. The van der Waals surface area contributed by atoms with Crippen molar-refractivity contribution in [3.63, 3.8) is 0 Å². The van der Waals surface area contributed by atoms with Crippen molar-refractivity contribution in [1.82, 2.24) is 24.8 Å². The van der Waals surface area contributed by atoms with Crippen LogP contribution in [-0.2, 0) is 13.1 Å². The van der Waals surface area contributed by atoms with E-state index in [1.807, 2.05) is 31.6 Å². The summed E-state index contributed by atoms with van der Waals surface area (Å²) in [6.07, 6.45) is 1.91. The number of alkyl halides is 1. The standard InChI is InChI=1S/C11H15BrClN5/c1-4-18-10(11(13)8(3)15-18)6-17-5-9(7(2)12)14-16-17/h5,7H,4,6H2,1-3H3. The van der Waals surface area contributed by atoms with E-state index >= 15 is 0 Å². The van der Waals surface area contributed by atoms with Gasteiger partial charge in [-0.1, -0.05) is 32.7 Å². The lowest BCUT2D eigenvalue weighted by atomic mass is 10.3. The Bertz CT molecular complexity index is 546. The lowest BCUT2D eigenvalue weighted by Crippen LogP contribution is -2.08. The zero-order valence-corrected chi connectivity index (χ0v) is 12.9. The van der Waals surface area contributed by atoms with Crippen molar-refractivity contribution < 1.29 is 0 Å². The zero-order chi connectivity index (χ0) is 13.3. The minimum atomic E-state index is 0.194. The number of nitrogens with zero attached hydrogens (tertiary/aromatic N) is 5. The normalized spacial score (nSPS) is 12.9. The fourth-order valence-corrected chi connectivity index (χ4v) is 2.15. The summed E-state index contributed by atoms with van der Waals surface area (Å²) in [5, 5.41) is 13.3. The average Bonchev–Trinajstić information content (AvgIpc) is 2.89. The van der Waals surface area contributed by atoms with Crippen molar-refractivity contribution in [3.8, 4) is 0 Å². The summed E-state index contributed by atoms with van der Waals surface area (Å²) in [6.45, 7) is 7.34. The molecule has 0 saturated heterocycles. The lowest BCUT2D eigenvalue weighted by molar-refractivity contribution is 0.565. The first-order chi connectivity index (χ1) is 8.52. The van der Waals surface area contributed by atoms with Crippen molar-refractivity contribution in [1.29, 1.82) is 0 Å². The van der Waals surface area contributed by atoms with Gasteiger partial charge in [0.2, 0.25) is 0 Å². The minimum absolute atomic E-state index is 0.194. The lowest BCUT2D eigenvalue weighted by Gasteiger charge is -2.04. The van der Waals surface area contributed by atoms with Crippen LogP contribution >= 0.6 is 27.5 Å². The van der Waals surface area contributed by atoms with Crippen molar-refractivity contribution >= 4 is 27.5 Å². The molecule has 0 fully saturated rings. The van der Waals surface area contributed by atoms with Gasteiger partial charge in [-0.05, 0) is 20.8 Å². The molecule has 98 valence electrons. The third-order valence-corrected chi connectivity index (χ3v) is 3.69. The second kappa shape index (κ2) is 5.40. The molecule has 2 heterocycles. The van der Waals surface area contributed by atoms with Crippen LogP contribution in [0, 0.1) is 6.92 Å². The predicted molar refractivity (Wildman–Crippen MR) is 74.1 cm³/mol. The van der Waals surface area contributed by atoms with Crippen molar-refractivity contribution in [3.05, 3.63) is 28.3 Å². The SMILES string of the molecule is CCn1nc(C)c(Cl)c1Cn1cc(C(C)Br)nn1. The molecule has 0 spiro atoms. The van der Waals surface area contributed by atoms with E-state index in [2.05, 4.69) is 31.3 Å². The van der Waals surface area contributed by atoms with Gasteiger partial charge in [0.1, 0.15) is 0 Å². The molecule has 18 heavy (non-hydrogen) atoms. The Morgan fingerprint density at radius 3 is 2.78 bits per heavy atom. The Morgan fingerprint density at radius 2 is 2.22 bits per heavy atom. The number of hydrogen-bond donors (Lipinski definition) is 0. The number of halogens is 2. The smallest absolute Gasteiger partial charge is 0.0960 e. The minimum Gasteiger partial charge on any atom is -0.266 e. The first kappa shape index (κ1) is 13.5. The van der Waals surface area contributed by atoms with Gasteiger partial charge in [-0.2, -0.15) is 5.10 Å². The van der Waals surface area contributed by atoms with Gasteiger partial charge in [0.15, 0.2) is 0 Å². The van der Waals surface area contributed by atoms with Crippen LogP contribution in [0.15, 0.2) is 6.20 Å². The molecule has 2 rings (SSSR count). The summed E-state index contributed by atoms with van der Waals surface area (Å²) < 4.78 is 3.68. The van der Waals surface area contributed by atoms with E-state index in [4.69, 9.17) is 11.6 Å². The van der Waals surface area contributed by atoms with E-state index in [1.54, 1.807) is 4.68 Å². The summed E-state index contributed by atoms with van der Waals surface area (Å²) in [5.74, 6) is 0. The largest absolute Gasteiger partial charge is 0.266 e. The van der Waals surface area contributed by atoms with Gasteiger partial charge in [0.05, 0.1) is 39.7 Å². The molecule has 0 saturated carbocycles. The monoisotopic (exact) mass is 331 g/mol. The van der Waals surface area contributed by atoms with Crippen molar-refractivity contribution in [2.45, 2.75) is 38.7 Å². The summed E-state index contributed by atoms with van der Waals surface area (Å²) in [7, 11) is 0. The number of aryl methyl sites for hydroxylation is 2. The fourth-order valence-electron chi connectivity index (χ4n) is 1.75. The maximum absolute atomic E-state index is 6.26. The van der Waals surface area contributed by atoms with Crippen LogP contribution in [0.2, 0.25) is 5.02 Å². The van der Waals surface area contributed by atoms with E-state index in [-0.39, 0.29) is 4.83 Å². The van der Waals surface area contributed by atoms with Crippen LogP contribution in [-0.4, -0.2) is 24.8 Å². The highest BCUT2D eigenvalue weighted by Gasteiger charge is 2.14. The van der Waals surface area contributed by atoms with Crippen LogP contribution in [0.3, 0.4) is 0 Å². The highest BCUT2D eigenvalue weighted by Crippen LogP contribution is 2.22. The molecular formula is C11H15BrClN5. The van der Waals surface area contributed by atoms with Gasteiger partial charge < -0.3 is 0 Å². The van der Waals surface area contributed by atoms with Crippen LogP contribution in [0.5, 0.6) is 0 Å². The first-order valence-electron chi connectivity index (χ1n) is 5.78. The van der Waals surface area contributed by atoms with E-state index in [9.17, 15) is 0 Å². The highest BCUT2D eigenvalue weighted by atomic mass is 79.9. The molecule has 0 bridgehead atoms. The molecule has 0 aliphatic heterocycles. The highest BCUT2D eigenvalue weighted by molar-refractivity contribution is 9.09. The summed E-state index contributed by atoms with van der Waals surface area (Å²) in [5.41, 5.74) is 2.73. The van der Waals surface area contributed by atoms with Crippen LogP contribution in [0.25, 0.3) is 0 Å². The average molecular weight is 333 g/mol. The number of rotatable bonds is 4. The van der Waals surface area contributed by atoms with E-state index < -0.39 is 0 Å². The Kier molecular flexibility index (Phi) is 4.07. The van der Waals surface area contributed by atoms with Crippen LogP contribution in [0.4, 0.5) is 0 Å².